The fourth-order valence-electron chi connectivity index (χ4n) is 1.17. The normalized spacial score (nSPS) is 10.1. The van der Waals surface area contributed by atoms with Crippen molar-refractivity contribution in [2.24, 2.45) is 0 Å². The summed E-state index contributed by atoms with van der Waals surface area (Å²) in [4.78, 5) is 0.664. The molecule has 0 bridgehead atoms. The second-order valence-corrected chi connectivity index (χ2v) is 3.42. The van der Waals surface area contributed by atoms with Gasteiger partial charge in [0.25, 0.3) is 0 Å². The minimum atomic E-state index is -1.86. The van der Waals surface area contributed by atoms with Crippen molar-refractivity contribution in [3.8, 4) is 5.75 Å². The molecule has 14 heavy (non-hydrogen) atoms. The third kappa shape index (κ3) is 2.02. The summed E-state index contributed by atoms with van der Waals surface area (Å²) < 4.78 is 18.1. The van der Waals surface area contributed by atoms with Crippen LogP contribution in [0.2, 0.25) is 0 Å². The van der Waals surface area contributed by atoms with E-state index in [2.05, 4.69) is 0 Å². The van der Waals surface area contributed by atoms with Gasteiger partial charge in [-0.25, -0.2) is 4.39 Å². The van der Waals surface area contributed by atoms with Crippen molar-refractivity contribution in [1.29, 1.82) is 0 Å². The number of benzene rings is 1. The van der Waals surface area contributed by atoms with E-state index in [1.165, 1.54) is 31.0 Å². The summed E-state index contributed by atoms with van der Waals surface area (Å²) in [5.41, 5.74) is -0.223. The van der Waals surface area contributed by atoms with Gasteiger partial charge in [0.15, 0.2) is 0 Å². The maximum Gasteiger partial charge on any atom is 0.495 e. The average Bonchev–Trinajstić information content (AvgIpc) is 2.16. The van der Waals surface area contributed by atoms with Crippen LogP contribution in [-0.2, 0) is 0 Å². The second kappa shape index (κ2) is 4.68. The third-order valence-electron chi connectivity index (χ3n) is 1.79. The van der Waals surface area contributed by atoms with Gasteiger partial charge in [0.1, 0.15) is 11.6 Å². The van der Waals surface area contributed by atoms with Crippen LogP contribution in [0.5, 0.6) is 5.75 Å². The Bertz CT molecular complexity index is 333. The summed E-state index contributed by atoms with van der Waals surface area (Å²) in [6, 6.07) is 2.72. The first-order chi connectivity index (χ1) is 6.61. The minimum absolute atomic E-state index is 0.174. The molecule has 0 spiro atoms. The molecule has 0 saturated heterocycles. The van der Waals surface area contributed by atoms with Crippen molar-refractivity contribution in [2.45, 2.75) is 4.90 Å². The van der Waals surface area contributed by atoms with Crippen molar-refractivity contribution in [2.75, 3.05) is 13.4 Å². The molecule has 2 N–H and O–H groups in total. The highest BCUT2D eigenvalue weighted by atomic mass is 32.2. The summed E-state index contributed by atoms with van der Waals surface area (Å²) >= 11 is 1.35. The van der Waals surface area contributed by atoms with Gasteiger partial charge >= 0.3 is 7.12 Å². The van der Waals surface area contributed by atoms with Gasteiger partial charge in [0.05, 0.1) is 12.6 Å². The molecule has 3 nitrogen and oxygen atoms in total. The van der Waals surface area contributed by atoms with E-state index in [0.717, 1.165) is 0 Å². The molecule has 0 fully saturated rings. The van der Waals surface area contributed by atoms with E-state index in [1.54, 1.807) is 6.26 Å². The third-order valence-corrected chi connectivity index (χ3v) is 2.55. The quantitative estimate of drug-likeness (QED) is 0.561. The summed E-state index contributed by atoms with van der Waals surface area (Å²) in [7, 11) is -0.502. The van der Waals surface area contributed by atoms with Gasteiger partial charge < -0.3 is 14.8 Å². The Morgan fingerprint density at radius 3 is 2.50 bits per heavy atom. The van der Waals surface area contributed by atoms with Crippen molar-refractivity contribution in [1.82, 2.24) is 0 Å². The fraction of sp³-hybridized carbons (Fsp3) is 0.250. The first-order valence-corrected chi connectivity index (χ1v) is 5.10. The van der Waals surface area contributed by atoms with Gasteiger partial charge in [0, 0.05) is 4.90 Å². The van der Waals surface area contributed by atoms with Crippen LogP contribution in [0.3, 0.4) is 0 Å². The van der Waals surface area contributed by atoms with Gasteiger partial charge in [-0.05, 0) is 18.4 Å². The molecule has 1 aromatic carbocycles. The van der Waals surface area contributed by atoms with Crippen LogP contribution >= 0.6 is 11.8 Å². The predicted molar refractivity (Wildman–Crippen MR) is 54.6 cm³/mol. The van der Waals surface area contributed by atoms with Crippen LogP contribution < -0.4 is 10.2 Å². The molecule has 6 heteroatoms. The van der Waals surface area contributed by atoms with Gasteiger partial charge in [-0.1, -0.05) is 0 Å². The van der Waals surface area contributed by atoms with Gasteiger partial charge in [-0.2, -0.15) is 0 Å². The maximum absolute atomic E-state index is 13.2. The zero-order valence-electron chi connectivity index (χ0n) is 7.82. The SMILES string of the molecule is COc1c(SC)ccc(F)c1B(O)O. The average molecular weight is 216 g/mol. The maximum atomic E-state index is 13.2. The molecule has 0 radical (unpaired) electrons. The number of thioether (sulfide) groups is 1. The number of ether oxygens (including phenoxy) is 1. The van der Waals surface area contributed by atoms with E-state index >= 15 is 0 Å². The van der Waals surface area contributed by atoms with Crippen molar-refractivity contribution >= 4 is 24.3 Å². The number of methoxy groups -OCH3 is 1. The Hall–Kier alpha value is -0.715. The molecular weight excluding hydrogens is 206 g/mol. The Labute approximate surface area is 86.0 Å². The molecule has 0 aliphatic rings. The molecular formula is C8H10BFO3S. The summed E-state index contributed by atoms with van der Waals surface area (Å²) in [6.45, 7) is 0. The highest BCUT2D eigenvalue weighted by molar-refractivity contribution is 7.98. The molecule has 0 amide bonds. The van der Waals surface area contributed by atoms with E-state index in [-0.39, 0.29) is 11.2 Å². The monoisotopic (exact) mass is 216 g/mol. The van der Waals surface area contributed by atoms with Gasteiger partial charge in [-0.3, -0.25) is 0 Å². The lowest BCUT2D eigenvalue weighted by molar-refractivity contribution is 0.392. The van der Waals surface area contributed by atoms with E-state index in [0.29, 0.717) is 4.90 Å². The molecule has 0 saturated carbocycles. The number of rotatable bonds is 3. The fourth-order valence-corrected chi connectivity index (χ4v) is 1.75. The molecule has 1 aromatic rings. The minimum Gasteiger partial charge on any atom is -0.496 e. The molecule has 0 aliphatic heterocycles. The zero-order valence-corrected chi connectivity index (χ0v) is 8.64. The standard InChI is InChI=1S/C8H10BFO3S/c1-13-8-6(14-2)4-3-5(10)7(8)9(11)12/h3-4,11-12H,1-2H3. The first kappa shape index (κ1) is 11.4. The summed E-state index contributed by atoms with van der Waals surface area (Å²) in [5.74, 6) is -0.512. The molecule has 76 valence electrons. The van der Waals surface area contributed by atoms with Crippen LogP contribution in [0.25, 0.3) is 0 Å². The lowest BCUT2D eigenvalue weighted by Gasteiger charge is -2.12. The molecule has 1 rings (SSSR count). The largest absolute Gasteiger partial charge is 0.496 e. The highest BCUT2D eigenvalue weighted by Crippen LogP contribution is 2.26. The van der Waals surface area contributed by atoms with Crippen molar-refractivity contribution in [3.63, 3.8) is 0 Å². The Morgan fingerprint density at radius 2 is 2.07 bits per heavy atom. The van der Waals surface area contributed by atoms with E-state index in [1.807, 2.05) is 0 Å². The van der Waals surface area contributed by atoms with Crippen LogP contribution in [0.15, 0.2) is 17.0 Å². The van der Waals surface area contributed by atoms with Gasteiger partial charge in [0.2, 0.25) is 0 Å². The topological polar surface area (TPSA) is 49.7 Å². The van der Waals surface area contributed by atoms with E-state index in [9.17, 15) is 4.39 Å². The van der Waals surface area contributed by atoms with Gasteiger partial charge in [-0.15, -0.1) is 11.8 Å². The second-order valence-electron chi connectivity index (χ2n) is 2.57. The zero-order chi connectivity index (χ0) is 10.7. The van der Waals surface area contributed by atoms with Crippen molar-refractivity contribution in [3.05, 3.63) is 17.9 Å². The highest BCUT2D eigenvalue weighted by Gasteiger charge is 2.24. The Balaban J connectivity index is 3.35. The van der Waals surface area contributed by atoms with E-state index in [4.69, 9.17) is 14.8 Å². The Kier molecular flexibility index (Phi) is 3.80. The lowest BCUT2D eigenvalue weighted by atomic mass is 9.79. The van der Waals surface area contributed by atoms with Crippen LogP contribution in [0.4, 0.5) is 4.39 Å². The molecule has 0 heterocycles. The van der Waals surface area contributed by atoms with Crippen molar-refractivity contribution < 1.29 is 19.2 Å². The first-order valence-electron chi connectivity index (χ1n) is 3.88. The molecule has 0 unspecified atom stereocenters. The van der Waals surface area contributed by atoms with Crippen LogP contribution in [-0.4, -0.2) is 30.5 Å². The predicted octanol–water partition coefficient (Wildman–Crippen LogP) is 0.236. The molecule has 0 aliphatic carbocycles. The lowest BCUT2D eigenvalue weighted by Crippen LogP contribution is -2.34. The summed E-state index contributed by atoms with van der Waals surface area (Å²) in [6.07, 6.45) is 1.79. The number of halogens is 1. The Morgan fingerprint density at radius 1 is 1.43 bits per heavy atom. The van der Waals surface area contributed by atoms with Crippen LogP contribution in [0, 0.1) is 5.82 Å². The molecule has 0 atom stereocenters. The summed E-state index contributed by atoms with van der Waals surface area (Å²) in [5, 5.41) is 17.9. The van der Waals surface area contributed by atoms with Crippen LogP contribution in [0.1, 0.15) is 0 Å². The smallest absolute Gasteiger partial charge is 0.495 e. The molecule has 0 aromatic heterocycles. The number of hydrogen-bond acceptors (Lipinski definition) is 4. The van der Waals surface area contributed by atoms with E-state index < -0.39 is 12.9 Å². The number of hydrogen-bond donors (Lipinski definition) is 2.